The average molecular weight is 379 g/mol. The highest BCUT2D eigenvalue weighted by atomic mass is 16.5. The molecule has 8 saturated carbocycles. The predicted molar refractivity (Wildman–Crippen MR) is 109 cm³/mol. The van der Waals surface area contributed by atoms with E-state index in [0.717, 1.165) is 41.3 Å². The maximum Gasteiger partial charge on any atom is 0.127 e. The van der Waals surface area contributed by atoms with Gasteiger partial charge in [0.2, 0.25) is 0 Å². The highest BCUT2D eigenvalue weighted by Crippen LogP contribution is 2.64. The van der Waals surface area contributed by atoms with Crippen molar-refractivity contribution in [3.63, 3.8) is 0 Å². The molecule has 0 saturated heterocycles. The third-order valence-electron chi connectivity index (χ3n) is 9.88. The topological polar surface area (TPSA) is 29.5 Å². The van der Waals surface area contributed by atoms with Gasteiger partial charge in [0.05, 0.1) is 0 Å². The van der Waals surface area contributed by atoms with E-state index in [-0.39, 0.29) is 11.0 Å². The molecule has 8 aliphatic carbocycles. The molecule has 1 N–H and O–H groups in total. The molecule has 0 aliphatic heterocycles. The Labute approximate surface area is 169 Å². The summed E-state index contributed by atoms with van der Waals surface area (Å²) in [5.74, 6) is 6.92. The van der Waals surface area contributed by atoms with Gasteiger partial charge in [-0.2, -0.15) is 0 Å². The average Bonchev–Trinajstić information content (AvgIpc) is 2.58. The lowest BCUT2D eigenvalue weighted by Crippen LogP contribution is -2.54. The van der Waals surface area contributed by atoms with E-state index in [0.29, 0.717) is 5.75 Å². The molecular formula is C26H34O2. The van der Waals surface area contributed by atoms with E-state index in [2.05, 4.69) is 6.07 Å². The third kappa shape index (κ3) is 2.33. The van der Waals surface area contributed by atoms with Gasteiger partial charge in [-0.05, 0) is 125 Å². The van der Waals surface area contributed by atoms with Crippen molar-refractivity contribution in [1.82, 2.24) is 0 Å². The summed E-state index contributed by atoms with van der Waals surface area (Å²) in [6.45, 7) is 0. The lowest BCUT2D eigenvalue weighted by atomic mass is 9.48. The molecule has 1 aromatic carbocycles. The normalized spacial score (nSPS) is 50.3. The number of rotatable bonds is 3. The molecule has 0 radical (unpaired) electrons. The molecule has 150 valence electrons. The maximum atomic E-state index is 11.1. The van der Waals surface area contributed by atoms with Crippen molar-refractivity contribution >= 4 is 0 Å². The fourth-order valence-electron chi connectivity index (χ4n) is 9.94. The van der Waals surface area contributed by atoms with Crippen molar-refractivity contribution in [2.24, 2.45) is 35.5 Å². The first kappa shape index (κ1) is 16.6. The van der Waals surface area contributed by atoms with E-state index < -0.39 is 0 Å². The zero-order chi connectivity index (χ0) is 18.5. The van der Waals surface area contributed by atoms with Crippen LogP contribution in [0.25, 0.3) is 0 Å². The monoisotopic (exact) mass is 378 g/mol. The van der Waals surface area contributed by atoms with Crippen LogP contribution in [0, 0.1) is 35.5 Å². The summed E-state index contributed by atoms with van der Waals surface area (Å²) >= 11 is 0. The van der Waals surface area contributed by atoms with Gasteiger partial charge in [-0.1, -0.05) is 6.07 Å². The summed E-state index contributed by atoms with van der Waals surface area (Å²) in [5.41, 5.74) is 1.47. The van der Waals surface area contributed by atoms with Crippen molar-refractivity contribution in [1.29, 1.82) is 0 Å². The Balaban J connectivity index is 1.28. The number of hydrogen-bond acceptors (Lipinski definition) is 2. The first-order chi connectivity index (χ1) is 13.6. The number of aromatic hydroxyl groups is 1. The minimum atomic E-state index is 0.0690. The molecule has 0 atom stereocenters. The highest BCUT2D eigenvalue weighted by Gasteiger charge is 2.55. The van der Waals surface area contributed by atoms with Crippen molar-refractivity contribution in [3.05, 3.63) is 23.8 Å². The number of ether oxygens (including phenoxy) is 1. The van der Waals surface area contributed by atoms with Crippen LogP contribution >= 0.6 is 0 Å². The zero-order valence-electron chi connectivity index (χ0n) is 17.0. The van der Waals surface area contributed by atoms with Crippen LogP contribution in [0.4, 0.5) is 0 Å². The third-order valence-corrected chi connectivity index (χ3v) is 9.88. The van der Waals surface area contributed by atoms with Crippen LogP contribution in [0.15, 0.2) is 18.2 Å². The van der Waals surface area contributed by atoms with Crippen LogP contribution in [0.3, 0.4) is 0 Å². The predicted octanol–water partition coefficient (Wildman–Crippen LogP) is 6.21. The quantitative estimate of drug-likeness (QED) is 0.678. The molecule has 8 aliphatic rings. The zero-order valence-corrected chi connectivity index (χ0v) is 17.0. The van der Waals surface area contributed by atoms with Crippen LogP contribution in [0.5, 0.6) is 11.5 Å². The molecule has 1 aromatic rings. The van der Waals surface area contributed by atoms with Crippen molar-refractivity contribution in [2.45, 2.75) is 88.1 Å². The Morgan fingerprint density at radius 3 is 1.64 bits per heavy atom. The molecule has 2 heteroatoms. The van der Waals surface area contributed by atoms with Gasteiger partial charge in [-0.15, -0.1) is 0 Å². The van der Waals surface area contributed by atoms with Crippen LogP contribution in [0.1, 0.15) is 82.6 Å². The van der Waals surface area contributed by atoms with E-state index in [4.69, 9.17) is 4.74 Å². The maximum absolute atomic E-state index is 11.1. The Hall–Kier alpha value is -1.18. The van der Waals surface area contributed by atoms with E-state index in [1.807, 2.05) is 12.1 Å². The Morgan fingerprint density at radius 1 is 0.679 bits per heavy atom. The molecule has 0 spiro atoms. The van der Waals surface area contributed by atoms with Crippen molar-refractivity contribution in [3.8, 4) is 11.5 Å². The lowest BCUT2D eigenvalue weighted by Gasteiger charge is -2.58. The number of phenols is 1. The van der Waals surface area contributed by atoms with Crippen molar-refractivity contribution < 1.29 is 9.84 Å². The van der Waals surface area contributed by atoms with Gasteiger partial charge in [-0.3, -0.25) is 0 Å². The van der Waals surface area contributed by atoms with E-state index in [1.165, 1.54) is 82.6 Å². The molecule has 0 unspecified atom stereocenters. The molecule has 8 bridgehead atoms. The van der Waals surface area contributed by atoms with E-state index >= 15 is 0 Å². The van der Waals surface area contributed by atoms with Crippen LogP contribution in [-0.4, -0.2) is 10.7 Å². The van der Waals surface area contributed by atoms with Gasteiger partial charge in [0, 0.05) is 11.0 Å². The minimum Gasteiger partial charge on any atom is -0.508 e. The summed E-state index contributed by atoms with van der Waals surface area (Å²) in [4.78, 5) is 0. The summed E-state index contributed by atoms with van der Waals surface area (Å²) < 4.78 is 7.06. The molecule has 0 aromatic heterocycles. The highest BCUT2D eigenvalue weighted by molar-refractivity contribution is 5.50. The van der Waals surface area contributed by atoms with Gasteiger partial charge in [0.25, 0.3) is 0 Å². The number of benzene rings is 1. The van der Waals surface area contributed by atoms with Crippen LogP contribution in [-0.2, 0) is 5.41 Å². The first-order valence-corrected chi connectivity index (χ1v) is 12.1. The molecule has 28 heavy (non-hydrogen) atoms. The second-order valence-electron chi connectivity index (χ2n) is 12.1. The first-order valence-electron chi connectivity index (χ1n) is 12.1. The van der Waals surface area contributed by atoms with Gasteiger partial charge >= 0.3 is 0 Å². The second kappa shape index (κ2) is 5.49. The molecular weight excluding hydrogens is 344 g/mol. The van der Waals surface area contributed by atoms with Gasteiger partial charge in [-0.25, -0.2) is 0 Å². The molecule has 0 heterocycles. The largest absolute Gasteiger partial charge is 0.508 e. The minimum absolute atomic E-state index is 0.0690. The van der Waals surface area contributed by atoms with E-state index in [1.54, 1.807) is 0 Å². The van der Waals surface area contributed by atoms with Crippen LogP contribution in [0.2, 0.25) is 0 Å². The summed E-state index contributed by atoms with van der Waals surface area (Å²) in [7, 11) is 0. The van der Waals surface area contributed by atoms with E-state index in [9.17, 15) is 5.11 Å². The van der Waals surface area contributed by atoms with Gasteiger partial charge in [0.1, 0.15) is 17.1 Å². The molecule has 0 amide bonds. The molecule has 8 fully saturated rings. The van der Waals surface area contributed by atoms with Gasteiger partial charge in [0.15, 0.2) is 0 Å². The van der Waals surface area contributed by atoms with Gasteiger partial charge < -0.3 is 9.84 Å². The Kier molecular flexibility index (Phi) is 3.26. The smallest absolute Gasteiger partial charge is 0.127 e. The standard InChI is InChI=1S/C26H34O2/c27-22-2-1-3-23(28-26-13-19-7-20(14-26)9-21(8-19)15-26)24(22)25-10-16-4-17(11-25)6-18(5-16)12-25/h1-3,16-21,27H,4-15H2. The lowest BCUT2D eigenvalue weighted by molar-refractivity contribution is -0.109. The summed E-state index contributed by atoms with van der Waals surface area (Å²) in [5, 5.41) is 11.1. The molecule has 9 rings (SSSR count). The summed E-state index contributed by atoms with van der Waals surface area (Å²) in [6.07, 6.45) is 16.3. The Bertz CT molecular complexity index is 738. The van der Waals surface area contributed by atoms with Crippen LogP contribution < -0.4 is 4.74 Å². The molecule has 2 nitrogen and oxygen atoms in total. The number of hydrogen-bond donors (Lipinski definition) is 1. The van der Waals surface area contributed by atoms with Crippen molar-refractivity contribution in [2.75, 3.05) is 0 Å². The fraction of sp³-hybridized carbons (Fsp3) is 0.769. The summed E-state index contributed by atoms with van der Waals surface area (Å²) in [6, 6.07) is 6.15. The SMILES string of the molecule is Oc1cccc(OC23CC4CC(CC(C4)C2)C3)c1C12CC3CC(CC(C3)C1)C2. The fourth-order valence-corrected chi connectivity index (χ4v) is 9.94. The second-order valence-corrected chi connectivity index (χ2v) is 12.1. The Morgan fingerprint density at radius 2 is 1.14 bits per heavy atom. The number of phenolic OH excluding ortho intramolecular Hbond substituents is 1.